The van der Waals surface area contributed by atoms with Gasteiger partial charge in [-0.2, -0.15) is 0 Å². The number of benzene rings is 1. The third-order valence-corrected chi connectivity index (χ3v) is 5.03. The predicted molar refractivity (Wildman–Crippen MR) is 80.7 cm³/mol. The van der Waals surface area contributed by atoms with Gasteiger partial charge in [-0.05, 0) is 30.5 Å². The van der Waals surface area contributed by atoms with Crippen LogP contribution in [0.15, 0.2) is 35.7 Å². The molecule has 4 heterocycles. The van der Waals surface area contributed by atoms with Crippen LogP contribution in [-0.4, -0.2) is 28.9 Å². The third-order valence-electron chi connectivity index (χ3n) is 5.03. The lowest BCUT2D eigenvalue weighted by Gasteiger charge is -2.42. The van der Waals surface area contributed by atoms with Gasteiger partial charge in [-0.15, -0.1) is 0 Å². The Bertz CT molecular complexity index is 632. The molecule has 1 atom stereocenters. The van der Waals surface area contributed by atoms with Crippen molar-refractivity contribution in [1.82, 2.24) is 15.3 Å². The number of hydrazine groups is 1. The summed E-state index contributed by atoms with van der Waals surface area (Å²) < 4.78 is 13.3. The molecule has 1 unspecified atom stereocenters. The monoisotopic (exact) mass is 301 g/mol. The fourth-order valence-corrected chi connectivity index (χ4v) is 3.90. The lowest BCUT2D eigenvalue weighted by atomic mass is 9.85. The van der Waals surface area contributed by atoms with Crippen molar-refractivity contribution >= 4 is 5.91 Å². The van der Waals surface area contributed by atoms with E-state index in [-0.39, 0.29) is 17.8 Å². The number of carbonyl (C=O) groups excluding carboxylic acids is 1. The molecule has 2 bridgehead atoms. The number of allylic oxidation sites excluding steroid dienone is 1. The molecule has 4 aliphatic rings. The average Bonchev–Trinajstić information content (AvgIpc) is 2.98. The largest absolute Gasteiger partial charge is 0.371 e. The van der Waals surface area contributed by atoms with Crippen molar-refractivity contribution in [2.75, 3.05) is 13.1 Å². The van der Waals surface area contributed by atoms with Crippen molar-refractivity contribution in [1.29, 1.82) is 0 Å². The van der Waals surface area contributed by atoms with Crippen LogP contribution in [0.1, 0.15) is 37.8 Å². The van der Waals surface area contributed by atoms with Crippen molar-refractivity contribution in [3.05, 3.63) is 47.0 Å². The minimum absolute atomic E-state index is 0.0734. The van der Waals surface area contributed by atoms with Gasteiger partial charge in [-0.25, -0.2) is 9.40 Å². The molecule has 0 spiro atoms. The van der Waals surface area contributed by atoms with Crippen LogP contribution in [-0.2, 0) is 4.79 Å². The van der Waals surface area contributed by atoms with Gasteiger partial charge in [-0.1, -0.05) is 19.1 Å². The van der Waals surface area contributed by atoms with E-state index >= 15 is 0 Å². The second-order valence-electron chi connectivity index (χ2n) is 6.24. The molecule has 0 aromatic heterocycles. The lowest BCUT2D eigenvalue weighted by molar-refractivity contribution is -0.134. The number of hydrogen-bond acceptors (Lipinski definition) is 3. The van der Waals surface area contributed by atoms with Gasteiger partial charge in [0.25, 0.3) is 0 Å². The summed E-state index contributed by atoms with van der Waals surface area (Å²) in [6, 6.07) is 6.39. The van der Waals surface area contributed by atoms with Crippen molar-refractivity contribution in [2.24, 2.45) is 5.92 Å². The van der Waals surface area contributed by atoms with E-state index in [0.717, 1.165) is 31.5 Å². The molecule has 1 amide bonds. The number of piperidine rings is 1. The minimum Gasteiger partial charge on any atom is -0.371 e. The third kappa shape index (κ3) is 1.91. The average molecular weight is 301 g/mol. The molecule has 5 rings (SSSR count). The van der Waals surface area contributed by atoms with Gasteiger partial charge in [0, 0.05) is 25.4 Å². The van der Waals surface area contributed by atoms with Crippen molar-refractivity contribution in [3.63, 3.8) is 0 Å². The quantitative estimate of drug-likeness (QED) is 0.912. The van der Waals surface area contributed by atoms with E-state index in [1.807, 2.05) is 6.92 Å². The van der Waals surface area contributed by atoms with Gasteiger partial charge in [0.15, 0.2) is 0 Å². The molecule has 1 fully saturated rings. The standard InChI is InChI=1S/C17H20FN3O/c1-2-14(22)21-16(12-3-5-13(18)6-4-12)17-15(19-21)11-7-9-20(17)10-8-11/h3-6,11,16,19H,2,7-10H2,1H3. The van der Waals surface area contributed by atoms with Gasteiger partial charge in [-0.3, -0.25) is 10.2 Å². The van der Waals surface area contributed by atoms with E-state index in [1.54, 1.807) is 17.1 Å². The van der Waals surface area contributed by atoms with Crippen molar-refractivity contribution in [2.45, 2.75) is 32.2 Å². The van der Waals surface area contributed by atoms with Crippen LogP contribution in [0.3, 0.4) is 0 Å². The van der Waals surface area contributed by atoms with E-state index in [2.05, 4.69) is 10.3 Å². The first-order chi connectivity index (χ1) is 10.7. The van der Waals surface area contributed by atoms with E-state index in [0.29, 0.717) is 12.3 Å². The highest BCUT2D eigenvalue weighted by Crippen LogP contribution is 2.46. The van der Waals surface area contributed by atoms with Gasteiger partial charge in [0.1, 0.15) is 11.9 Å². The summed E-state index contributed by atoms with van der Waals surface area (Å²) in [4.78, 5) is 14.8. The summed E-state index contributed by atoms with van der Waals surface area (Å²) in [7, 11) is 0. The summed E-state index contributed by atoms with van der Waals surface area (Å²) in [5.74, 6) is 0.352. The number of amides is 1. The molecule has 1 saturated heterocycles. The normalized spacial score (nSPS) is 23.8. The Kier molecular flexibility index (Phi) is 3.10. The topological polar surface area (TPSA) is 35.6 Å². The Morgan fingerprint density at radius 2 is 1.95 bits per heavy atom. The smallest absolute Gasteiger partial charge is 0.241 e. The fourth-order valence-electron chi connectivity index (χ4n) is 3.90. The number of halogens is 1. The van der Waals surface area contributed by atoms with Crippen molar-refractivity contribution in [3.8, 4) is 0 Å². The number of nitrogens with zero attached hydrogens (tertiary/aromatic N) is 2. The molecule has 1 aromatic carbocycles. The zero-order valence-corrected chi connectivity index (χ0v) is 12.7. The molecule has 0 saturated carbocycles. The number of rotatable bonds is 2. The molecule has 0 radical (unpaired) electrons. The molecule has 22 heavy (non-hydrogen) atoms. The highest BCUT2D eigenvalue weighted by molar-refractivity contribution is 5.77. The molecule has 4 nitrogen and oxygen atoms in total. The zero-order chi connectivity index (χ0) is 15.3. The van der Waals surface area contributed by atoms with E-state index in [4.69, 9.17) is 0 Å². The molecule has 5 heteroatoms. The lowest BCUT2D eigenvalue weighted by Crippen LogP contribution is -2.41. The van der Waals surface area contributed by atoms with Crippen LogP contribution < -0.4 is 5.43 Å². The highest BCUT2D eigenvalue weighted by Gasteiger charge is 2.45. The van der Waals surface area contributed by atoms with Gasteiger partial charge in [0.2, 0.25) is 5.91 Å². The summed E-state index contributed by atoms with van der Waals surface area (Å²) in [6.45, 7) is 3.98. The molecule has 1 aromatic rings. The molecular weight excluding hydrogens is 281 g/mol. The zero-order valence-electron chi connectivity index (χ0n) is 12.7. The van der Waals surface area contributed by atoms with Gasteiger partial charge in [0.05, 0.1) is 11.4 Å². The van der Waals surface area contributed by atoms with E-state index in [1.165, 1.54) is 23.5 Å². The first kappa shape index (κ1) is 13.6. The Morgan fingerprint density at radius 1 is 1.27 bits per heavy atom. The predicted octanol–water partition coefficient (Wildman–Crippen LogP) is 2.56. The minimum atomic E-state index is -0.247. The SMILES string of the molecule is CCC(=O)N1NC2=C(C1c1ccc(F)cc1)N1CCC2CC1. The Morgan fingerprint density at radius 3 is 2.59 bits per heavy atom. The number of fused-ring (bicyclic) bond motifs is 2. The summed E-state index contributed by atoms with van der Waals surface area (Å²) in [5.41, 5.74) is 6.75. The van der Waals surface area contributed by atoms with Gasteiger partial charge >= 0.3 is 0 Å². The second kappa shape index (κ2) is 5.00. The highest BCUT2D eigenvalue weighted by atomic mass is 19.1. The molecule has 0 aliphatic carbocycles. The van der Waals surface area contributed by atoms with Crippen LogP contribution in [0.25, 0.3) is 0 Å². The molecule has 116 valence electrons. The van der Waals surface area contributed by atoms with E-state index in [9.17, 15) is 9.18 Å². The van der Waals surface area contributed by atoms with Crippen LogP contribution in [0.5, 0.6) is 0 Å². The van der Waals surface area contributed by atoms with Crippen LogP contribution in [0.4, 0.5) is 4.39 Å². The maximum Gasteiger partial charge on any atom is 0.241 e. The number of nitrogens with one attached hydrogen (secondary N) is 1. The van der Waals surface area contributed by atoms with Crippen LogP contribution in [0.2, 0.25) is 0 Å². The fraction of sp³-hybridized carbons (Fsp3) is 0.471. The summed E-state index contributed by atoms with van der Waals surface area (Å²) >= 11 is 0. The molecular formula is C17H20FN3O. The number of carbonyl (C=O) groups is 1. The van der Waals surface area contributed by atoms with E-state index < -0.39 is 0 Å². The summed E-state index contributed by atoms with van der Waals surface area (Å²) in [5, 5.41) is 1.74. The maximum absolute atomic E-state index is 13.3. The first-order valence-corrected chi connectivity index (χ1v) is 8.02. The van der Waals surface area contributed by atoms with Gasteiger partial charge < -0.3 is 4.90 Å². The number of hydrogen-bond donors (Lipinski definition) is 1. The van der Waals surface area contributed by atoms with Crippen molar-refractivity contribution < 1.29 is 9.18 Å². The molecule has 1 N–H and O–H groups in total. The van der Waals surface area contributed by atoms with Crippen LogP contribution in [0, 0.1) is 11.7 Å². The maximum atomic E-state index is 13.3. The Labute approximate surface area is 129 Å². The molecule has 4 aliphatic heterocycles. The second-order valence-corrected chi connectivity index (χ2v) is 6.24. The Hall–Kier alpha value is -2.04. The Balaban J connectivity index is 1.79. The first-order valence-electron chi connectivity index (χ1n) is 8.02. The summed E-state index contributed by atoms with van der Waals surface area (Å²) in [6.07, 6.45) is 2.75. The van der Waals surface area contributed by atoms with Crippen LogP contribution >= 0.6 is 0 Å².